The van der Waals surface area contributed by atoms with Crippen molar-refractivity contribution < 1.29 is 4.74 Å². The van der Waals surface area contributed by atoms with Crippen LogP contribution >= 0.6 is 23.2 Å². The van der Waals surface area contributed by atoms with Crippen LogP contribution in [0.15, 0.2) is 18.2 Å². The van der Waals surface area contributed by atoms with E-state index in [0.717, 1.165) is 11.3 Å². The summed E-state index contributed by atoms with van der Waals surface area (Å²) in [6.07, 6.45) is 0.709. The summed E-state index contributed by atoms with van der Waals surface area (Å²) in [7, 11) is 1.83. The van der Waals surface area contributed by atoms with Gasteiger partial charge in [0, 0.05) is 17.6 Å². The van der Waals surface area contributed by atoms with Crippen molar-refractivity contribution in [2.45, 2.75) is 13.3 Å². The number of aryl methyl sites for hydroxylation is 2. The molecule has 0 radical (unpaired) electrons. The summed E-state index contributed by atoms with van der Waals surface area (Å²) in [4.78, 5) is 0. The summed E-state index contributed by atoms with van der Waals surface area (Å²) < 4.78 is 7.54. The van der Waals surface area contributed by atoms with Gasteiger partial charge in [0.15, 0.2) is 0 Å². The molecule has 0 aliphatic carbocycles. The van der Waals surface area contributed by atoms with E-state index in [-0.39, 0.29) is 0 Å². The maximum absolute atomic E-state index is 6.10. The van der Waals surface area contributed by atoms with Crippen LogP contribution in [-0.2, 0) is 13.5 Å². The van der Waals surface area contributed by atoms with Gasteiger partial charge in [-0.3, -0.25) is 0 Å². The molecule has 2 aromatic rings. The van der Waals surface area contributed by atoms with E-state index in [1.54, 1.807) is 22.9 Å². The summed E-state index contributed by atoms with van der Waals surface area (Å²) in [5.41, 5.74) is 7.52. The fourth-order valence-corrected chi connectivity index (χ4v) is 2.35. The van der Waals surface area contributed by atoms with E-state index >= 15 is 0 Å². The first-order valence-corrected chi connectivity index (χ1v) is 6.64. The van der Waals surface area contributed by atoms with Crippen LogP contribution in [0.25, 0.3) is 0 Å². The first-order chi connectivity index (χ1) is 9.02. The van der Waals surface area contributed by atoms with E-state index in [9.17, 15) is 0 Å². The molecule has 0 saturated heterocycles. The summed E-state index contributed by atoms with van der Waals surface area (Å²) in [5.74, 6) is 1.21. The predicted molar refractivity (Wildman–Crippen MR) is 77.2 cm³/mol. The molecule has 0 atom stereocenters. The summed E-state index contributed by atoms with van der Waals surface area (Å²) in [5, 5.41) is 5.37. The highest BCUT2D eigenvalue weighted by Crippen LogP contribution is 2.33. The van der Waals surface area contributed by atoms with Gasteiger partial charge in [0.25, 0.3) is 0 Å². The number of hydrogen-bond donors (Lipinski definition) is 1. The molecule has 0 aliphatic heterocycles. The van der Waals surface area contributed by atoms with E-state index in [1.807, 2.05) is 14.0 Å². The van der Waals surface area contributed by atoms with Gasteiger partial charge >= 0.3 is 0 Å². The zero-order valence-electron chi connectivity index (χ0n) is 10.8. The number of benzene rings is 1. The van der Waals surface area contributed by atoms with Crippen molar-refractivity contribution in [3.8, 4) is 11.6 Å². The van der Waals surface area contributed by atoms with Crippen LogP contribution in [0.4, 0.5) is 0 Å². The lowest BCUT2D eigenvalue weighted by atomic mass is 10.2. The second-order valence-electron chi connectivity index (χ2n) is 4.21. The average molecular weight is 300 g/mol. The smallest absolute Gasteiger partial charge is 0.221 e. The Morgan fingerprint density at radius 1 is 1.37 bits per heavy atom. The molecule has 0 aliphatic rings. The van der Waals surface area contributed by atoms with Gasteiger partial charge in [0.1, 0.15) is 5.75 Å². The predicted octanol–water partition coefficient (Wildman–Crippen LogP) is 3.33. The molecule has 0 amide bonds. The first kappa shape index (κ1) is 14.2. The molecule has 1 aromatic heterocycles. The number of aromatic nitrogens is 2. The third-order valence-electron chi connectivity index (χ3n) is 2.78. The number of halogens is 2. The molecule has 102 valence electrons. The number of rotatable bonds is 4. The number of hydrogen-bond acceptors (Lipinski definition) is 3. The van der Waals surface area contributed by atoms with Crippen molar-refractivity contribution in [1.29, 1.82) is 0 Å². The van der Waals surface area contributed by atoms with Crippen molar-refractivity contribution in [3.05, 3.63) is 39.5 Å². The Kier molecular flexibility index (Phi) is 4.34. The summed E-state index contributed by atoms with van der Waals surface area (Å²) in [6.45, 7) is 2.47. The van der Waals surface area contributed by atoms with Crippen LogP contribution in [0.1, 0.15) is 11.3 Å². The van der Waals surface area contributed by atoms with Crippen LogP contribution in [0.3, 0.4) is 0 Å². The molecule has 0 saturated carbocycles. The highest BCUT2D eigenvalue weighted by molar-refractivity contribution is 6.35. The lowest BCUT2D eigenvalue weighted by Crippen LogP contribution is -2.05. The third kappa shape index (κ3) is 3.03. The van der Waals surface area contributed by atoms with Crippen LogP contribution in [0.2, 0.25) is 10.0 Å². The minimum Gasteiger partial charge on any atom is -0.437 e. The van der Waals surface area contributed by atoms with E-state index in [0.29, 0.717) is 34.6 Å². The second kappa shape index (κ2) is 5.82. The molecule has 4 nitrogen and oxygen atoms in total. The molecule has 6 heteroatoms. The average Bonchev–Trinajstić information content (AvgIpc) is 2.60. The van der Waals surface area contributed by atoms with Gasteiger partial charge in [-0.25, -0.2) is 4.68 Å². The molecule has 0 spiro atoms. The third-order valence-corrected chi connectivity index (χ3v) is 3.31. The monoisotopic (exact) mass is 299 g/mol. The summed E-state index contributed by atoms with van der Waals surface area (Å²) >= 11 is 12.0. The van der Waals surface area contributed by atoms with Gasteiger partial charge in [0.05, 0.1) is 10.7 Å². The number of ether oxygens (including phenoxy) is 1. The standard InChI is InChI=1S/C13H15Cl2N3O/c1-8-10(5-6-16)13(18(2)17-8)19-12-4-3-9(14)7-11(12)15/h3-4,7H,5-6,16H2,1-2H3. The minimum atomic E-state index is 0.463. The fraction of sp³-hybridized carbons (Fsp3) is 0.308. The maximum atomic E-state index is 6.10. The molecule has 0 bridgehead atoms. The van der Waals surface area contributed by atoms with Gasteiger partial charge in [-0.05, 0) is 38.1 Å². The Morgan fingerprint density at radius 2 is 2.11 bits per heavy atom. The van der Waals surface area contributed by atoms with Gasteiger partial charge < -0.3 is 10.5 Å². The van der Waals surface area contributed by atoms with Crippen LogP contribution < -0.4 is 10.5 Å². The molecule has 2 rings (SSSR count). The van der Waals surface area contributed by atoms with Gasteiger partial charge in [-0.2, -0.15) is 5.10 Å². The molecule has 0 fully saturated rings. The van der Waals surface area contributed by atoms with Crippen molar-refractivity contribution in [2.75, 3.05) is 6.54 Å². The minimum absolute atomic E-state index is 0.463. The molecular formula is C13H15Cl2N3O. The van der Waals surface area contributed by atoms with Crippen LogP contribution in [0, 0.1) is 6.92 Å². The maximum Gasteiger partial charge on any atom is 0.221 e. The number of nitrogens with two attached hydrogens (primary N) is 1. The highest BCUT2D eigenvalue weighted by Gasteiger charge is 2.16. The topological polar surface area (TPSA) is 53.1 Å². The van der Waals surface area contributed by atoms with Gasteiger partial charge in [-0.1, -0.05) is 23.2 Å². The van der Waals surface area contributed by atoms with Crippen LogP contribution in [-0.4, -0.2) is 16.3 Å². The van der Waals surface area contributed by atoms with Gasteiger partial charge in [-0.15, -0.1) is 0 Å². The normalized spacial score (nSPS) is 10.8. The molecule has 0 unspecified atom stereocenters. The Bertz CT molecular complexity index is 596. The Labute approximate surface area is 122 Å². The molecule has 2 N–H and O–H groups in total. The van der Waals surface area contributed by atoms with E-state index in [2.05, 4.69) is 5.10 Å². The Morgan fingerprint density at radius 3 is 2.74 bits per heavy atom. The molecule has 19 heavy (non-hydrogen) atoms. The van der Waals surface area contributed by atoms with E-state index in [4.69, 9.17) is 33.7 Å². The van der Waals surface area contributed by atoms with E-state index < -0.39 is 0 Å². The molecular weight excluding hydrogens is 285 g/mol. The SMILES string of the molecule is Cc1nn(C)c(Oc2ccc(Cl)cc2Cl)c1CCN. The van der Waals surface area contributed by atoms with Crippen LogP contribution in [0.5, 0.6) is 11.6 Å². The first-order valence-electron chi connectivity index (χ1n) is 5.88. The second-order valence-corrected chi connectivity index (χ2v) is 5.05. The number of nitrogens with zero attached hydrogens (tertiary/aromatic N) is 2. The summed E-state index contributed by atoms with van der Waals surface area (Å²) in [6, 6.07) is 5.11. The zero-order chi connectivity index (χ0) is 14.0. The molecule has 1 aromatic carbocycles. The Hall–Kier alpha value is -1.23. The zero-order valence-corrected chi connectivity index (χ0v) is 12.3. The quantitative estimate of drug-likeness (QED) is 0.942. The highest BCUT2D eigenvalue weighted by atomic mass is 35.5. The largest absolute Gasteiger partial charge is 0.437 e. The lowest BCUT2D eigenvalue weighted by molar-refractivity contribution is 0.426. The fourth-order valence-electron chi connectivity index (χ4n) is 1.90. The van der Waals surface area contributed by atoms with Crippen molar-refractivity contribution in [3.63, 3.8) is 0 Å². The Balaban J connectivity index is 2.37. The lowest BCUT2D eigenvalue weighted by Gasteiger charge is -2.10. The van der Waals surface area contributed by atoms with Crippen molar-refractivity contribution in [2.24, 2.45) is 12.8 Å². The molecule has 1 heterocycles. The van der Waals surface area contributed by atoms with Crippen molar-refractivity contribution in [1.82, 2.24) is 9.78 Å². The van der Waals surface area contributed by atoms with Crippen molar-refractivity contribution >= 4 is 23.2 Å². The van der Waals surface area contributed by atoms with E-state index in [1.165, 1.54) is 0 Å². The van der Waals surface area contributed by atoms with Gasteiger partial charge in [0.2, 0.25) is 5.88 Å².